The van der Waals surface area contributed by atoms with Crippen molar-refractivity contribution in [3.05, 3.63) is 33.9 Å². The summed E-state index contributed by atoms with van der Waals surface area (Å²) < 4.78 is 0.977. The van der Waals surface area contributed by atoms with Gasteiger partial charge in [-0.3, -0.25) is 4.98 Å². The number of halogens is 1. The summed E-state index contributed by atoms with van der Waals surface area (Å²) >= 11 is 4.96. The first kappa shape index (κ1) is 10.7. The molecule has 0 aliphatic carbocycles. The van der Waals surface area contributed by atoms with E-state index in [1.165, 1.54) is 0 Å². The van der Waals surface area contributed by atoms with Crippen LogP contribution in [0.1, 0.15) is 5.69 Å². The standard InChI is InChI=1S/C10H10BrN3S/c11-7-1-2-9(13-5-7)10-14-8(3-4-12)6-15-10/h1-2,5-6H,3-4,12H2. The molecule has 2 aromatic heterocycles. The molecule has 0 aliphatic rings. The quantitative estimate of drug-likeness (QED) is 0.942. The van der Waals surface area contributed by atoms with Gasteiger partial charge in [-0.05, 0) is 34.6 Å². The molecule has 2 N–H and O–H groups in total. The molecule has 0 aromatic carbocycles. The van der Waals surface area contributed by atoms with E-state index in [1.807, 2.05) is 17.5 Å². The highest BCUT2D eigenvalue weighted by Crippen LogP contribution is 2.22. The summed E-state index contributed by atoms with van der Waals surface area (Å²) in [6.07, 6.45) is 2.60. The van der Waals surface area contributed by atoms with Crippen LogP contribution in [0.5, 0.6) is 0 Å². The van der Waals surface area contributed by atoms with Crippen LogP contribution in [0.2, 0.25) is 0 Å². The second-order valence-electron chi connectivity index (χ2n) is 3.04. The van der Waals surface area contributed by atoms with Crippen molar-refractivity contribution < 1.29 is 0 Å². The maximum absolute atomic E-state index is 5.47. The molecule has 2 heterocycles. The Balaban J connectivity index is 2.25. The summed E-state index contributed by atoms with van der Waals surface area (Å²) in [6, 6.07) is 3.92. The lowest BCUT2D eigenvalue weighted by atomic mass is 10.3. The van der Waals surface area contributed by atoms with Crippen LogP contribution in [0.15, 0.2) is 28.2 Å². The van der Waals surface area contributed by atoms with Gasteiger partial charge in [-0.25, -0.2) is 4.98 Å². The summed E-state index contributed by atoms with van der Waals surface area (Å²) in [4.78, 5) is 8.75. The fourth-order valence-corrected chi connectivity index (χ4v) is 2.25. The first-order chi connectivity index (χ1) is 7.29. The van der Waals surface area contributed by atoms with Crippen LogP contribution >= 0.6 is 27.3 Å². The minimum absolute atomic E-state index is 0.636. The molecule has 2 aromatic rings. The minimum atomic E-state index is 0.636. The first-order valence-electron chi connectivity index (χ1n) is 4.56. The summed E-state index contributed by atoms with van der Waals surface area (Å²) in [5, 5.41) is 2.98. The Morgan fingerprint density at radius 3 is 2.93 bits per heavy atom. The average molecular weight is 284 g/mol. The van der Waals surface area contributed by atoms with E-state index in [-0.39, 0.29) is 0 Å². The third kappa shape index (κ3) is 2.62. The van der Waals surface area contributed by atoms with Gasteiger partial charge in [0.25, 0.3) is 0 Å². The highest BCUT2D eigenvalue weighted by atomic mass is 79.9. The molecule has 0 aliphatic heterocycles. The second kappa shape index (κ2) is 4.83. The monoisotopic (exact) mass is 283 g/mol. The molecule has 0 fully saturated rings. The summed E-state index contributed by atoms with van der Waals surface area (Å²) in [5.74, 6) is 0. The molecular formula is C10H10BrN3S. The Bertz CT molecular complexity index is 438. The van der Waals surface area contributed by atoms with E-state index in [0.717, 1.165) is 27.3 Å². The highest BCUT2D eigenvalue weighted by molar-refractivity contribution is 9.10. The van der Waals surface area contributed by atoms with E-state index in [2.05, 4.69) is 25.9 Å². The fourth-order valence-electron chi connectivity index (χ4n) is 1.19. The summed E-state index contributed by atoms with van der Waals surface area (Å²) in [5.41, 5.74) is 7.42. The van der Waals surface area contributed by atoms with Crippen LogP contribution in [0.3, 0.4) is 0 Å². The molecule has 0 amide bonds. The van der Waals surface area contributed by atoms with Gasteiger partial charge >= 0.3 is 0 Å². The minimum Gasteiger partial charge on any atom is -0.330 e. The third-order valence-corrected chi connectivity index (χ3v) is 3.28. The number of pyridine rings is 1. The number of thiazole rings is 1. The molecule has 2 rings (SSSR count). The normalized spacial score (nSPS) is 10.5. The number of hydrogen-bond acceptors (Lipinski definition) is 4. The number of aromatic nitrogens is 2. The zero-order valence-electron chi connectivity index (χ0n) is 7.98. The van der Waals surface area contributed by atoms with Gasteiger partial charge in [0.15, 0.2) is 0 Å². The van der Waals surface area contributed by atoms with E-state index >= 15 is 0 Å². The van der Waals surface area contributed by atoms with Crippen LogP contribution in [0.25, 0.3) is 10.7 Å². The predicted molar refractivity (Wildman–Crippen MR) is 65.8 cm³/mol. The Hall–Kier alpha value is -0.780. The lowest BCUT2D eigenvalue weighted by Gasteiger charge is -1.94. The molecule has 78 valence electrons. The predicted octanol–water partition coefficient (Wildman–Crippen LogP) is 2.47. The van der Waals surface area contributed by atoms with E-state index < -0.39 is 0 Å². The van der Waals surface area contributed by atoms with E-state index in [1.54, 1.807) is 17.5 Å². The lowest BCUT2D eigenvalue weighted by Crippen LogP contribution is -2.02. The first-order valence-corrected chi connectivity index (χ1v) is 6.23. The van der Waals surface area contributed by atoms with Gasteiger partial charge < -0.3 is 5.73 Å². The zero-order valence-corrected chi connectivity index (χ0v) is 10.4. The second-order valence-corrected chi connectivity index (χ2v) is 4.82. The molecule has 0 atom stereocenters. The van der Waals surface area contributed by atoms with Crippen molar-refractivity contribution in [1.82, 2.24) is 9.97 Å². The smallest absolute Gasteiger partial charge is 0.142 e. The van der Waals surface area contributed by atoms with Gasteiger partial charge in [0.2, 0.25) is 0 Å². The molecule has 0 saturated heterocycles. The maximum Gasteiger partial charge on any atom is 0.142 e. The summed E-state index contributed by atoms with van der Waals surface area (Å²) in [7, 11) is 0. The summed E-state index contributed by atoms with van der Waals surface area (Å²) in [6.45, 7) is 0.636. The van der Waals surface area contributed by atoms with Crippen LogP contribution in [-0.4, -0.2) is 16.5 Å². The van der Waals surface area contributed by atoms with Crippen LogP contribution in [-0.2, 0) is 6.42 Å². The molecule has 0 radical (unpaired) electrons. The fraction of sp³-hybridized carbons (Fsp3) is 0.200. The molecule has 5 heteroatoms. The number of nitrogens with zero attached hydrogens (tertiary/aromatic N) is 2. The van der Waals surface area contributed by atoms with Crippen molar-refractivity contribution in [3.63, 3.8) is 0 Å². The zero-order chi connectivity index (χ0) is 10.7. The number of rotatable bonds is 3. The van der Waals surface area contributed by atoms with Crippen molar-refractivity contribution >= 4 is 27.3 Å². The largest absolute Gasteiger partial charge is 0.330 e. The van der Waals surface area contributed by atoms with Crippen molar-refractivity contribution in [2.75, 3.05) is 6.54 Å². The van der Waals surface area contributed by atoms with E-state index in [0.29, 0.717) is 6.54 Å². The van der Waals surface area contributed by atoms with Crippen molar-refractivity contribution in [1.29, 1.82) is 0 Å². The van der Waals surface area contributed by atoms with Gasteiger partial charge in [0.1, 0.15) is 5.01 Å². The van der Waals surface area contributed by atoms with Gasteiger partial charge in [-0.15, -0.1) is 11.3 Å². The van der Waals surface area contributed by atoms with Crippen LogP contribution in [0, 0.1) is 0 Å². The Kier molecular flexibility index (Phi) is 3.45. The van der Waals surface area contributed by atoms with E-state index in [9.17, 15) is 0 Å². The highest BCUT2D eigenvalue weighted by Gasteiger charge is 2.04. The molecule has 0 bridgehead atoms. The van der Waals surface area contributed by atoms with Crippen molar-refractivity contribution in [2.24, 2.45) is 5.73 Å². The molecule has 3 nitrogen and oxygen atoms in total. The Labute approximate surface area is 101 Å². The van der Waals surface area contributed by atoms with Crippen LogP contribution < -0.4 is 5.73 Å². The van der Waals surface area contributed by atoms with E-state index in [4.69, 9.17) is 5.73 Å². The number of hydrogen-bond donors (Lipinski definition) is 1. The maximum atomic E-state index is 5.47. The lowest BCUT2D eigenvalue weighted by molar-refractivity contribution is 0.936. The van der Waals surface area contributed by atoms with Gasteiger partial charge in [0, 0.05) is 22.5 Å². The van der Waals surface area contributed by atoms with Gasteiger partial charge in [-0.1, -0.05) is 0 Å². The van der Waals surface area contributed by atoms with Gasteiger partial charge in [-0.2, -0.15) is 0 Å². The van der Waals surface area contributed by atoms with Crippen molar-refractivity contribution in [3.8, 4) is 10.7 Å². The molecule has 0 spiro atoms. The average Bonchev–Trinajstić information content (AvgIpc) is 2.68. The molecule has 15 heavy (non-hydrogen) atoms. The molecule has 0 unspecified atom stereocenters. The molecule has 0 saturated carbocycles. The van der Waals surface area contributed by atoms with Gasteiger partial charge in [0.05, 0.1) is 11.4 Å². The van der Waals surface area contributed by atoms with Crippen molar-refractivity contribution in [2.45, 2.75) is 6.42 Å². The Morgan fingerprint density at radius 1 is 1.40 bits per heavy atom. The topological polar surface area (TPSA) is 51.8 Å². The SMILES string of the molecule is NCCc1csc(-c2ccc(Br)cn2)n1. The van der Waals surface area contributed by atoms with Crippen LogP contribution in [0.4, 0.5) is 0 Å². The number of nitrogens with two attached hydrogens (primary N) is 1. The molecular weight excluding hydrogens is 274 g/mol. The Morgan fingerprint density at radius 2 is 2.27 bits per heavy atom. The third-order valence-electron chi connectivity index (χ3n) is 1.90.